The van der Waals surface area contributed by atoms with Crippen molar-refractivity contribution in [1.29, 1.82) is 0 Å². The Labute approximate surface area is 129 Å². The van der Waals surface area contributed by atoms with E-state index in [0.717, 1.165) is 13.0 Å². The summed E-state index contributed by atoms with van der Waals surface area (Å²) in [5.74, 6) is 1.22. The van der Waals surface area contributed by atoms with E-state index in [2.05, 4.69) is 15.7 Å². The molecule has 2 N–H and O–H groups in total. The number of benzene rings is 1. The highest BCUT2D eigenvalue weighted by Gasteiger charge is 2.08. The van der Waals surface area contributed by atoms with Gasteiger partial charge in [0.2, 0.25) is 0 Å². The van der Waals surface area contributed by atoms with E-state index >= 15 is 0 Å². The Morgan fingerprint density at radius 1 is 1.32 bits per heavy atom. The second-order valence-corrected chi connectivity index (χ2v) is 4.57. The molecular weight excluding hydrogens is 284 g/mol. The molecule has 0 atom stereocenters. The van der Waals surface area contributed by atoms with Crippen molar-refractivity contribution < 1.29 is 14.3 Å². The van der Waals surface area contributed by atoms with Crippen molar-refractivity contribution in [3.05, 3.63) is 36.7 Å². The highest BCUT2D eigenvalue weighted by molar-refractivity contribution is 5.91. The number of hydrogen-bond acceptors (Lipinski definition) is 4. The molecular formula is C15H20N4O3. The van der Waals surface area contributed by atoms with Crippen molar-refractivity contribution in [3.63, 3.8) is 0 Å². The largest absolute Gasteiger partial charge is 0.497 e. The highest BCUT2D eigenvalue weighted by atomic mass is 16.5. The van der Waals surface area contributed by atoms with Gasteiger partial charge in [-0.15, -0.1) is 0 Å². The van der Waals surface area contributed by atoms with E-state index in [4.69, 9.17) is 9.47 Å². The Kier molecular flexibility index (Phi) is 5.65. The molecule has 7 nitrogen and oxygen atoms in total. The zero-order chi connectivity index (χ0) is 15.8. The smallest absolute Gasteiger partial charge is 0.319 e. The summed E-state index contributed by atoms with van der Waals surface area (Å²) in [6, 6.07) is 6.81. The topological polar surface area (TPSA) is 77.4 Å². The summed E-state index contributed by atoms with van der Waals surface area (Å²) in [5.41, 5.74) is 0.562. The summed E-state index contributed by atoms with van der Waals surface area (Å²) in [7, 11) is 3.12. The summed E-state index contributed by atoms with van der Waals surface area (Å²) in [6.07, 6.45) is 4.42. The van der Waals surface area contributed by atoms with Crippen LogP contribution < -0.4 is 20.1 Å². The van der Waals surface area contributed by atoms with E-state index in [9.17, 15) is 4.79 Å². The lowest BCUT2D eigenvalue weighted by molar-refractivity contribution is 0.251. The van der Waals surface area contributed by atoms with E-state index in [-0.39, 0.29) is 6.03 Å². The van der Waals surface area contributed by atoms with Crippen LogP contribution in [0.4, 0.5) is 10.5 Å². The maximum Gasteiger partial charge on any atom is 0.319 e. The second-order valence-electron chi connectivity index (χ2n) is 4.57. The number of nitrogens with one attached hydrogen (secondary N) is 2. The van der Waals surface area contributed by atoms with E-state index in [1.165, 1.54) is 0 Å². The van der Waals surface area contributed by atoms with Crippen LogP contribution in [-0.2, 0) is 6.54 Å². The Morgan fingerprint density at radius 2 is 2.18 bits per heavy atom. The van der Waals surface area contributed by atoms with Crippen LogP contribution in [0.3, 0.4) is 0 Å². The SMILES string of the molecule is COc1ccc(OC)c(NC(=O)NCCCn2cccn2)c1. The maximum atomic E-state index is 11.9. The van der Waals surface area contributed by atoms with Crippen molar-refractivity contribution in [2.75, 3.05) is 26.1 Å². The third-order valence-corrected chi connectivity index (χ3v) is 3.06. The summed E-state index contributed by atoms with van der Waals surface area (Å²) < 4.78 is 12.2. The molecule has 0 saturated heterocycles. The number of amides is 2. The van der Waals surface area contributed by atoms with Crippen molar-refractivity contribution in [2.45, 2.75) is 13.0 Å². The van der Waals surface area contributed by atoms with Gasteiger partial charge in [0.1, 0.15) is 11.5 Å². The standard InChI is InChI=1S/C15H20N4O3/c1-21-12-5-6-14(22-2)13(11-12)18-15(20)16-7-3-9-19-10-4-8-17-19/h4-6,8,10-11H,3,7,9H2,1-2H3,(H2,16,18,20). The summed E-state index contributed by atoms with van der Waals surface area (Å²) in [5, 5.41) is 9.65. The molecule has 0 bridgehead atoms. The number of hydrogen-bond donors (Lipinski definition) is 2. The Hall–Kier alpha value is -2.70. The molecule has 0 spiro atoms. The van der Waals surface area contributed by atoms with Gasteiger partial charge in [0.25, 0.3) is 0 Å². The van der Waals surface area contributed by atoms with Crippen LogP contribution >= 0.6 is 0 Å². The van der Waals surface area contributed by atoms with E-state index in [1.54, 1.807) is 38.6 Å². The van der Waals surface area contributed by atoms with Crippen LogP contribution in [0.5, 0.6) is 11.5 Å². The van der Waals surface area contributed by atoms with Crippen LogP contribution in [0.1, 0.15) is 6.42 Å². The first-order valence-electron chi connectivity index (χ1n) is 6.97. The van der Waals surface area contributed by atoms with Crippen LogP contribution in [-0.4, -0.2) is 36.6 Å². The van der Waals surface area contributed by atoms with Crippen LogP contribution in [0.25, 0.3) is 0 Å². The normalized spacial score (nSPS) is 10.1. The number of ether oxygens (including phenoxy) is 2. The molecule has 0 saturated carbocycles. The molecule has 2 aromatic rings. The van der Waals surface area contributed by atoms with Gasteiger partial charge in [-0.25, -0.2) is 4.79 Å². The Bertz CT molecular complexity index is 599. The monoisotopic (exact) mass is 304 g/mol. The molecule has 2 rings (SSSR count). The third-order valence-electron chi connectivity index (χ3n) is 3.06. The first-order valence-corrected chi connectivity index (χ1v) is 6.97. The number of aryl methyl sites for hydroxylation is 1. The van der Waals surface area contributed by atoms with E-state index in [1.807, 2.05) is 16.9 Å². The molecule has 0 unspecified atom stereocenters. The third kappa shape index (κ3) is 4.41. The number of aromatic nitrogens is 2. The van der Waals surface area contributed by atoms with Gasteiger partial charge in [0.15, 0.2) is 0 Å². The minimum atomic E-state index is -0.285. The van der Waals surface area contributed by atoms with Crippen molar-refractivity contribution in [3.8, 4) is 11.5 Å². The van der Waals surface area contributed by atoms with Gasteiger partial charge in [-0.05, 0) is 24.6 Å². The number of methoxy groups -OCH3 is 2. The van der Waals surface area contributed by atoms with Crippen molar-refractivity contribution in [2.24, 2.45) is 0 Å². The Balaban J connectivity index is 1.81. The average Bonchev–Trinajstić information content (AvgIpc) is 3.05. The van der Waals surface area contributed by atoms with Gasteiger partial charge in [0, 0.05) is 31.5 Å². The quantitative estimate of drug-likeness (QED) is 0.768. The molecule has 1 aromatic carbocycles. The number of urea groups is 1. The first-order chi connectivity index (χ1) is 10.7. The predicted octanol–water partition coefficient (Wildman–Crippen LogP) is 2.11. The molecule has 7 heteroatoms. The number of carbonyl (C=O) groups is 1. The molecule has 22 heavy (non-hydrogen) atoms. The fourth-order valence-electron chi connectivity index (χ4n) is 1.95. The molecule has 0 aliphatic rings. The van der Waals surface area contributed by atoms with Gasteiger partial charge in [-0.3, -0.25) is 4.68 Å². The molecule has 0 radical (unpaired) electrons. The summed E-state index contributed by atoms with van der Waals surface area (Å²) in [4.78, 5) is 11.9. The van der Waals surface area contributed by atoms with Gasteiger partial charge in [-0.2, -0.15) is 5.10 Å². The zero-order valence-electron chi connectivity index (χ0n) is 12.7. The molecule has 118 valence electrons. The maximum absolute atomic E-state index is 11.9. The molecule has 0 aliphatic heterocycles. The van der Waals surface area contributed by atoms with Gasteiger partial charge < -0.3 is 20.1 Å². The number of carbonyl (C=O) groups excluding carboxylic acids is 1. The summed E-state index contributed by atoms with van der Waals surface area (Å²) in [6.45, 7) is 1.31. The lowest BCUT2D eigenvalue weighted by Crippen LogP contribution is -2.30. The molecule has 1 aromatic heterocycles. The molecule has 0 fully saturated rings. The van der Waals surface area contributed by atoms with Crippen molar-refractivity contribution in [1.82, 2.24) is 15.1 Å². The molecule has 2 amide bonds. The van der Waals surface area contributed by atoms with E-state index < -0.39 is 0 Å². The average molecular weight is 304 g/mol. The predicted molar refractivity (Wildman–Crippen MR) is 83.4 cm³/mol. The van der Waals surface area contributed by atoms with Gasteiger partial charge >= 0.3 is 6.03 Å². The van der Waals surface area contributed by atoms with E-state index in [0.29, 0.717) is 23.7 Å². The van der Waals surface area contributed by atoms with Crippen molar-refractivity contribution >= 4 is 11.7 Å². The van der Waals surface area contributed by atoms with Crippen LogP contribution in [0.15, 0.2) is 36.7 Å². The number of nitrogens with zero attached hydrogens (tertiary/aromatic N) is 2. The molecule has 1 heterocycles. The van der Waals surface area contributed by atoms with Gasteiger partial charge in [-0.1, -0.05) is 0 Å². The lowest BCUT2D eigenvalue weighted by atomic mass is 10.2. The fourth-order valence-corrected chi connectivity index (χ4v) is 1.95. The second kappa shape index (κ2) is 7.92. The summed E-state index contributed by atoms with van der Waals surface area (Å²) >= 11 is 0. The fraction of sp³-hybridized carbons (Fsp3) is 0.333. The van der Waals surface area contributed by atoms with Gasteiger partial charge in [0.05, 0.1) is 19.9 Å². The minimum absolute atomic E-state index is 0.285. The number of rotatable bonds is 7. The lowest BCUT2D eigenvalue weighted by Gasteiger charge is -2.12. The highest BCUT2D eigenvalue weighted by Crippen LogP contribution is 2.28. The molecule has 0 aliphatic carbocycles. The Morgan fingerprint density at radius 3 is 2.86 bits per heavy atom. The van der Waals surface area contributed by atoms with Crippen LogP contribution in [0.2, 0.25) is 0 Å². The minimum Gasteiger partial charge on any atom is -0.497 e. The van der Waals surface area contributed by atoms with Crippen LogP contribution in [0, 0.1) is 0 Å². The first kappa shape index (κ1) is 15.7. The zero-order valence-corrected chi connectivity index (χ0v) is 12.7. The number of anilines is 1.